The number of rotatable bonds is 15. The molecule has 2 N–H and O–H groups in total. The van der Waals surface area contributed by atoms with Crippen LogP contribution >= 0.6 is 0 Å². The van der Waals surface area contributed by atoms with Crippen molar-refractivity contribution < 1.29 is 41.1 Å². The maximum Gasteiger partial charge on any atom is 0.453 e. The molecular formula is C33H37F5N2O4S. The van der Waals surface area contributed by atoms with Gasteiger partial charge in [0.2, 0.25) is 0 Å². The van der Waals surface area contributed by atoms with E-state index in [0.717, 1.165) is 33.3 Å². The summed E-state index contributed by atoms with van der Waals surface area (Å²) in [5.74, 6) is -3.63. The molecule has 0 aliphatic carbocycles. The molecule has 0 amide bonds. The predicted molar refractivity (Wildman–Crippen MR) is 167 cm³/mol. The molecule has 0 fully saturated rings. The van der Waals surface area contributed by atoms with Crippen molar-refractivity contribution in [3.63, 3.8) is 0 Å². The topological polar surface area (TPSA) is 74.9 Å². The fourth-order valence-electron chi connectivity index (χ4n) is 5.17. The normalized spacial score (nSPS) is 13.1. The first-order valence-corrected chi connectivity index (χ1v) is 16.0. The fraction of sp³-hybridized carbons (Fsp3) is 0.394. The number of aromatic hydroxyl groups is 2. The van der Waals surface area contributed by atoms with Crippen molar-refractivity contribution in [3.05, 3.63) is 77.9 Å². The Balaban J connectivity index is 1.26. The van der Waals surface area contributed by atoms with E-state index >= 15 is 0 Å². The highest BCUT2D eigenvalue weighted by atomic mass is 32.2. The lowest BCUT2D eigenvalue weighted by Crippen LogP contribution is -2.36. The van der Waals surface area contributed by atoms with E-state index in [9.17, 15) is 36.4 Å². The first kappa shape index (κ1) is 34.2. The Morgan fingerprint density at radius 2 is 1.51 bits per heavy atom. The van der Waals surface area contributed by atoms with Gasteiger partial charge in [-0.05, 0) is 105 Å². The lowest BCUT2D eigenvalue weighted by molar-refractivity contribution is -0.284. The number of nitrogens with zero attached hydrogens (tertiary/aromatic N) is 2. The average molecular weight is 653 g/mol. The molecule has 4 aromatic rings. The molecule has 6 nitrogen and oxygen atoms in total. The van der Waals surface area contributed by atoms with Crippen LogP contribution in [0, 0.1) is 6.92 Å². The van der Waals surface area contributed by atoms with Gasteiger partial charge in [0.1, 0.15) is 23.9 Å². The Hall–Kier alpha value is -3.64. The Morgan fingerprint density at radius 1 is 0.867 bits per heavy atom. The van der Waals surface area contributed by atoms with E-state index in [4.69, 9.17) is 4.74 Å². The van der Waals surface area contributed by atoms with Gasteiger partial charge in [-0.15, -0.1) is 0 Å². The molecule has 0 radical (unpaired) electrons. The first-order chi connectivity index (χ1) is 21.2. The number of hydrogen-bond donors (Lipinski definition) is 2. The number of halogens is 5. The summed E-state index contributed by atoms with van der Waals surface area (Å²) in [7, 11) is 0.416. The number of hydrogen-bond acceptors (Lipinski definition) is 5. The van der Waals surface area contributed by atoms with E-state index in [1.165, 1.54) is 0 Å². The Bertz CT molecular complexity index is 1590. The van der Waals surface area contributed by atoms with E-state index < -0.39 is 35.7 Å². The standard InChI is InChI=1S/C33H37F5N2O4S/c1-23-29-21-27(42)11-14-30(29)40(31(23)25-7-9-26(41)10-8-25)22-24-5-12-28(13-6-24)44-18-17-39(2)16-4-20-45(43)19-3-15-32(34,35)33(36,37)38/h5-14,21,41-42H,3-4,15-20,22H2,1-2H3. The minimum atomic E-state index is -5.58. The number of likely N-dealkylation sites (N-methyl/N-ethyl adjacent to an activating group) is 1. The van der Waals surface area contributed by atoms with E-state index in [0.29, 0.717) is 38.4 Å². The third kappa shape index (κ3) is 8.97. The Labute approximate surface area is 261 Å². The summed E-state index contributed by atoms with van der Waals surface area (Å²) in [6, 6.07) is 20.1. The molecule has 0 bridgehead atoms. The highest BCUT2D eigenvalue weighted by Crippen LogP contribution is 2.39. The van der Waals surface area contributed by atoms with Crippen molar-refractivity contribution in [2.45, 2.75) is 44.8 Å². The van der Waals surface area contributed by atoms with Gasteiger partial charge in [-0.2, -0.15) is 22.0 Å². The molecule has 3 aromatic carbocycles. The number of aromatic nitrogens is 1. The van der Waals surface area contributed by atoms with Crippen LogP contribution < -0.4 is 4.74 Å². The fourth-order valence-corrected chi connectivity index (χ4v) is 6.29. The molecule has 1 unspecified atom stereocenters. The number of ether oxygens (including phenoxy) is 1. The molecule has 0 spiro atoms. The molecule has 0 aliphatic rings. The molecule has 45 heavy (non-hydrogen) atoms. The first-order valence-electron chi connectivity index (χ1n) is 14.6. The van der Waals surface area contributed by atoms with Gasteiger partial charge in [-0.1, -0.05) is 12.1 Å². The van der Waals surface area contributed by atoms with Crippen molar-refractivity contribution in [1.82, 2.24) is 9.47 Å². The van der Waals surface area contributed by atoms with Crippen LogP contribution in [0.5, 0.6) is 17.2 Å². The van der Waals surface area contributed by atoms with Gasteiger partial charge >= 0.3 is 12.1 Å². The zero-order valence-electron chi connectivity index (χ0n) is 25.1. The van der Waals surface area contributed by atoms with Gasteiger partial charge in [0, 0.05) is 52.7 Å². The van der Waals surface area contributed by atoms with E-state index in [2.05, 4.69) is 4.57 Å². The molecule has 0 saturated carbocycles. The molecule has 1 heterocycles. The van der Waals surface area contributed by atoms with Gasteiger partial charge < -0.3 is 24.4 Å². The summed E-state index contributed by atoms with van der Waals surface area (Å²) in [4.78, 5) is 1.98. The monoisotopic (exact) mass is 652 g/mol. The summed E-state index contributed by atoms with van der Waals surface area (Å²) in [5, 5.41) is 20.8. The van der Waals surface area contributed by atoms with Crippen LogP contribution in [0.1, 0.15) is 30.4 Å². The summed E-state index contributed by atoms with van der Waals surface area (Å²) in [5.41, 5.74) is 4.98. The summed E-state index contributed by atoms with van der Waals surface area (Å²) in [6.07, 6.45) is -6.86. The van der Waals surface area contributed by atoms with Gasteiger partial charge in [0.15, 0.2) is 0 Å². The lowest BCUT2D eigenvalue weighted by Gasteiger charge is -2.19. The smallest absolute Gasteiger partial charge is 0.453 e. The van der Waals surface area contributed by atoms with Crippen LogP contribution in [0.2, 0.25) is 0 Å². The minimum Gasteiger partial charge on any atom is -0.508 e. The number of phenolic OH excluding ortho intramolecular Hbond substituents is 2. The number of alkyl halides is 5. The number of phenols is 2. The van der Waals surface area contributed by atoms with Crippen molar-refractivity contribution in [2.24, 2.45) is 0 Å². The number of benzene rings is 3. The lowest BCUT2D eigenvalue weighted by atomic mass is 10.1. The second-order valence-electron chi connectivity index (χ2n) is 11.1. The summed E-state index contributed by atoms with van der Waals surface area (Å²) >= 11 is 0. The maximum absolute atomic E-state index is 13.0. The van der Waals surface area contributed by atoms with Crippen LogP contribution in [-0.2, 0) is 17.3 Å². The zero-order chi connectivity index (χ0) is 32.8. The molecule has 4 rings (SSSR count). The third-order valence-electron chi connectivity index (χ3n) is 7.64. The van der Waals surface area contributed by atoms with Gasteiger partial charge in [0.25, 0.3) is 0 Å². The van der Waals surface area contributed by atoms with Crippen molar-refractivity contribution in [1.29, 1.82) is 0 Å². The highest BCUT2D eigenvalue weighted by molar-refractivity contribution is 7.84. The van der Waals surface area contributed by atoms with E-state index in [1.54, 1.807) is 24.3 Å². The van der Waals surface area contributed by atoms with Crippen molar-refractivity contribution in [3.8, 4) is 28.5 Å². The second-order valence-corrected chi connectivity index (χ2v) is 12.8. The Kier molecular flexibility index (Phi) is 11.1. The average Bonchev–Trinajstić information content (AvgIpc) is 3.23. The highest BCUT2D eigenvalue weighted by Gasteiger charge is 2.56. The van der Waals surface area contributed by atoms with Gasteiger partial charge in [0.05, 0.1) is 5.69 Å². The number of fused-ring (bicyclic) bond motifs is 1. The number of aryl methyl sites for hydroxylation is 1. The quantitative estimate of drug-likeness (QED) is 0.130. The Morgan fingerprint density at radius 3 is 2.18 bits per heavy atom. The van der Waals surface area contributed by atoms with Crippen molar-refractivity contribution >= 4 is 21.7 Å². The molecule has 1 atom stereocenters. The third-order valence-corrected chi connectivity index (χ3v) is 9.12. The molecule has 0 saturated heterocycles. The van der Waals surface area contributed by atoms with Crippen LogP contribution in [0.4, 0.5) is 22.0 Å². The van der Waals surface area contributed by atoms with Crippen LogP contribution in [-0.4, -0.2) is 74.2 Å². The predicted octanol–water partition coefficient (Wildman–Crippen LogP) is 7.50. The molecule has 1 aromatic heterocycles. The minimum absolute atomic E-state index is 0.183. The molecular weight excluding hydrogens is 615 g/mol. The SMILES string of the molecule is Cc1c(-c2ccc(O)cc2)n(Cc2ccc(OCCN(C)CCCS(=O)CCCC(F)(F)C(F)(F)F)cc2)c2ccc(O)cc12. The maximum atomic E-state index is 13.0. The summed E-state index contributed by atoms with van der Waals surface area (Å²) in [6.45, 7) is 4.16. The largest absolute Gasteiger partial charge is 0.508 e. The summed E-state index contributed by atoms with van der Waals surface area (Å²) < 4.78 is 82.7. The second kappa shape index (κ2) is 14.6. The van der Waals surface area contributed by atoms with E-state index in [-0.39, 0.29) is 23.0 Å². The van der Waals surface area contributed by atoms with Gasteiger partial charge in [-0.3, -0.25) is 4.21 Å². The van der Waals surface area contributed by atoms with Crippen LogP contribution in [0.3, 0.4) is 0 Å². The van der Waals surface area contributed by atoms with Gasteiger partial charge in [-0.25, -0.2) is 0 Å². The molecule has 12 heteroatoms. The van der Waals surface area contributed by atoms with Crippen molar-refractivity contribution in [2.75, 3.05) is 38.2 Å². The van der Waals surface area contributed by atoms with Crippen LogP contribution in [0.15, 0.2) is 66.7 Å². The van der Waals surface area contributed by atoms with E-state index in [1.807, 2.05) is 61.3 Å². The molecule has 0 aliphatic heterocycles. The zero-order valence-corrected chi connectivity index (χ0v) is 25.9. The van der Waals surface area contributed by atoms with Crippen LogP contribution in [0.25, 0.3) is 22.2 Å². The molecule has 244 valence electrons.